The van der Waals surface area contributed by atoms with Crippen LogP contribution < -0.4 is 10.2 Å². The van der Waals surface area contributed by atoms with Crippen LogP contribution in [-0.4, -0.2) is 25.0 Å². The van der Waals surface area contributed by atoms with Crippen LogP contribution >= 0.6 is 27.3 Å². The number of benzene rings is 1. The van der Waals surface area contributed by atoms with E-state index in [2.05, 4.69) is 45.7 Å². The molecule has 1 aromatic heterocycles. The van der Waals surface area contributed by atoms with E-state index in [1.54, 1.807) is 16.2 Å². The molecule has 2 heterocycles. The first-order valence-corrected chi connectivity index (χ1v) is 9.77. The van der Waals surface area contributed by atoms with Crippen LogP contribution in [0.1, 0.15) is 41.0 Å². The molecule has 0 aliphatic carbocycles. The Morgan fingerprint density at radius 3 is 2.61 bits per heavy atom. The number of thiophene rings is 1. The minimum Gasteiger partial charge on any atom is -0.343 e. The quantitative estimate of drug-likeness (QED) is 0.803. The van der Waals surface area contributed by atoms with E-state index in [0.29, 0.717) is 11.6 Å². The molecule has 1 fully saturated rings. The van der Waals surface area contributed by atoms with Crippen LogP contribution in [0.3, 0.4) is 0 Å². The van der Waals surface area contributed by atoms with Crippen LogP contribution in [0.25, 0.3) is 0 Å². The van der Waals surface area contributed by atoms with Gasteiger partial charge in [0, 0.05) is 17.3 Å². The van der Waals surface area contributed by atoms with E-state index in [1.807, 2.05) is 24.3 Å². The smallest absolute Gasteiger partial charge is 0.252 e. The summed E-state index contributed by atoms with van der Waals surface area (Å²) < 4.78 is 0.839. The molecular weight excluding hydrogens is 372 g/mol. The van der Waals surface area contributed by atoms with Crippen molar-refractivity contribution >= 4 is 33.2 Å². The van der Waals surface area contributed by atoms with Gasteiger partial charge in [-0.3, -0.25) is 4.79 Å². The second-order valence-corrected chi connectivity index (χ2v) is 7.93. The van der Waals surface area contributed by atoms with Crippen LogP contribution in [-0.2, 0) is 0 Å². The third-order valence-electron chi connectivity index (χ3n) is 4.51. The lowest BCUT2D eigenvalue weighted by Gasteiger charge is -2.29. The maximum atomic E-state index is 12.6. The molecular formula is C18H22BrN2OS+. The lowest BCUT2D eigenvalue weighted by atomic mass is 10.1. The van der Waals surface area contributed by atoms with E-state index < -0.39 is 0 Å². The summed E-state index contributed by atoms with van der Waals surface area (Å²) in [7, 11) is 0. The van der Waals surface area contributed by atoms with Gasteiger partial charge in [-0.05, 0) is 46.4 Å². The monoisotopic (exact) mass is 393 g/mol. The van der Waals surface area contributed by atoms with Gasteiger partial charge in [0.25, 0.3) is 5.91 Å². The predicted octanol–water partition coefficient (Wildman–Crippen LogP) is 3.05. The highest BCUT2D eigenvalue weighted by atomic mass is 79.9. The van der Waals surface area contributed by atoms with Crippen molar-refractivity contribution in [3.63, 3.8) is 0 Å². The van der Waals surface area contributed by atoms with Crippen LogP contribution in [0, 0.1) is 0 Å². The normalized spacial score (nSPS) is 17.8. The summed E-state index contributed by atoms with van der Waals surface area (Å²) in [6.45, 7) is 4.51. The molecule has 1 aromatic carbocycles. The third kappa shape index (κ3) is 3.84. The average Bonchev–Trinajstić information content (AvgIpc) is 3.22. The number of quaternary nitrogens is 1. The molecule has 0 radical (unpaired) electrons. The van der Waals surface area contributed by atoms with E-state index in [9.17, 15) is 4.79 Å². The van der Waals surface area contributed by atoms with Gasteiger partial charge in [0.2, 0.25) is 0 Å². The van der Waals surface area contributed by atoms with Gasteiger partial charge < -0.3 is 10.2 Å². The SMILES string of the molecule is C[C@@H](NC(=O)c1ccccc1Br)[C@@H](c1cccs1)[NH+]1CCCC1. The van der Waals surface area contributed by atoms with Gasteiger partial charge in [0.15, 0.2) is 0 Å². The maximum absolute atomic E-state index is 12.6. The molecule has 122 valence electrons. The molecule has 2 atom stereocenters. The molecule has 1 aliphatic rings. The number of likely N-dealkylation sites (tertiary alicyclic amines) is 1. The molecule has 5 heteroatoms. The fourth-order valence-corrected chi connectivity index (χ4v) is 4.88. The Morgan fingerprint density at radius 2 is 1.96 bits per heavy atom. The molecule has 0 saturated carbocycles. The summed E-state index contributed by atoms with van der Waals surface area (Å²) in [5.41, 5.74) is 0.695. The number of hydrogen-bond acceptors (Lipinski definition) is 2. The van der Waals surface area contributed by atoms with Gasteiger partial charge in [-0.25, -0.2) is 0 Å². The van der Waals surface area contributed by atoms with E-state index in [-0.39, 0.29) is 11.9 Å². The largest absolute Gasteiger partial charge is 0.343 e. The Morgan fingerprint density at radius 1 is 1.22 bits per heavy atom. The summed E-state index contributed by atoms with van der Waals surface area (Å²) in [5, 5.41) is 5.34. The van der Waals surface area contributed by atoms with Crippen LogP contribution in [0.5, 0.6) is 0 Å². The molecule has 0 bridgehead atoms. The highest BCUT2D eigenvalue weighted by Crippen LogP contribution is 2.22. The summed E-state index contributed by atoms with van der Waals surface area (Å²) in [5.74, 6) is -0.00914. The van der Waals surface area contributed by atoms with E-state index in [1.165, 1.54) is 30.8 Å². The second kappa shape index (κ2) is 7.60. The van der Waals surface area contributed by atoms with Crippen LogP contribution in [0.15, 0.2) is 46.3 Å². The lowest BCUT2D eigenvalue weighted by Crippen LogP contribution is -3.11. The first-order chi connectivity index (χ1) is 11.2. The van der Waals surface area contributed by atoms with Crippen molar-refractivity contribution in [2.24, 2.45) is 0 Å². The molecule has 0 spiro atoms. The van der Waals surface area contributed by atoms with E-state index >= 15 is 0 Å². The van der Waals surface area contributed by atoms with Crippen molar-refractivity contribution in [1.82, 2.24) is 5.32 Å². The topological polar surface area (TPSA) is 33.5 Å². The maximum Gasteiger partial charge on any atom is 0.252 e. The van der Waals surface area contributed by atoms with Crippen molar-refractivity contribution in [2.45, 2.75) is 31.8 Å². The van der Waals surface area contributed by atoms with Gasteiger partial charge >= 0.3 is 0 Å². The zero-order chi connectivity index (χ0) is 16.2. The highest BCUT2D eigenvalue weighted by molar-refractivity contribution is 9.10. The van der Waals surface area contributed by atoms with Gasteiger partial charge in [-0.2, -0.15) is 0 Å². The Kier molecular flexibility index (Phi) is 5.51. The molecule has 1 saturated heterocycles. The Labute approximate surface area is 149 Å². The standard InChI is InChI=1S/C18H21BrN2OS/c1-13(20-18(22)14-7-2-3-8-15(14)19)17(16-9-6-12-23-16)21-10-4-5-11-21/h2-3,6-9,12-13,17H,4-5,10-11H2,1H3,(H,20,22)/p+1/t13-,17+/m1/s1. The molecule has 3 rings (SSSR count). The fourth-order valence-electron chi connectivity index (χ4n) is 3.42. The summed E-state index contributed by atoms with van der Waals surface area (Å²) >= 11 is 5.26. The minimum absolute atomic E-state index is 0.00914. The number of nitrogens with one attached hydrogen (secondary N) is 2. The van der Waals surface area contributed by atoms with E-state index in [0.717, 1.165) is 4.47 Å². The van der Waals surface area contributed by atoms with Gasteiger partial charge in [-0.1, -0.05) is 18.2 Å². The predicted molar refractivity (Wildman–Crippen MR) is 98.1 cm³/mol. The molecule has 1 aliphatic heterocycles. The van der Waals surface area contributed by atoms with Crippen LogP contribution in [0.2, 0.25) is 0 Å². The molecule has 2 N–H and O–H groups in total. The second-order valence-electron chi connectivity index (χ2n) is 6.10. The summed E-state index contributed by atoms with van der Waals surface area (Å²) in [4.78, 5) is 15.6. The van der Waals surface area contributed by atoms with Crippen molar-refractivity contribution in [2.75, 3.05) is 13.1 Å². The molecule has 0 unspecified atom stereocenters. The number of halogens is 1. The van der Waals surface area contributed by atoms with Crippen molar-refractivity contribution in [1.29, 1.82) is 0 Å². The number of amides is 1. The van der Waals surface area contributed by atoms with Gasteiger partial charge in [-0.15, -0.1) is 11.3 Å². The zero-order valence-electron chi connectivity index (χ0n) is 13.2. The third-order valence-corrected chi connectivity index (χ3v) is 6.16. The molecule has 23 heavy (non-hydrogen) atoms. The van der Waals surface area contributed by atoms with Crippen molar-refractivity contribution in [3.8, 4) is 0 Å². The summed E-state index contributed by atoms with van der Waals surface area (Å²) in [6.07, 6.45) is 2.56. The van der Waals surface area contributed by atoms with Crippen molar-refractivity contribution in [3.05, 3.63) is 56.7 Å². The number of hydrogen-bond donors (Lipinski definition) is 2. The zero-order valence-corrected chi connectivity index (χ0v) is 15.6. The Bertz CT molecular complexity index is 653. The molecule has 3 nitrogen and oxygen atoms in total. The fraction of sp³-hybridized carbons (Fsp3) is 0.389. The van der Waals surface area contributed by atoms with Gasteiger partial charge in [0.05, 0.1) is 29.6 Å². The van der Waals surface area contributed by atoms with Crippen molar-refractivity contribution < 1.29 is 9.69 Å². The van der Waals surface area contributed by atoms with E-state index in [4.69, 9.17) is 0 Å². The Hall–Kier alpha value is -1.17. The lowest BCUT2D eigenvalue weighted by molar-refractivity contribution is -0.920. The first kappa shape index (κ1) is 16.7. The number of carbonyl (C=O) groups is 1. The highest BCUT2D eigenvalue weighted by Gasteiger charge is 2.33. The first-order valence-electron chi connectivity index (χ1n) is 8.10. The number of rotatable bonds is 5. The molecule has 2 aromatic rings. The minimum atomic E-state index is -0.00914. The Balaban J connectivity index is 1.77. The molecule has 1 amide bonds. The average molecular weight is 394 g/mol. The van der Waals surface area contributed by atoms with Gasteiger partial charge in [0.1, 0.15) is 6.04 Å². The number of carbonyl (C=O) groups excluding carboxylic acids is 1. The van der Waals surface area contributed by atoms with Crippen LogP contribution in [0.4, 0.5) is 0 Å². The summed E-state index contributed by atoms with van der Waals surface area (Å²) in [6, 6.07) is 12.3.